The van der Waals surface area contributed by atoms with Gasteiger partial charge in [0.05, 0.1) is 4.90 Å². The maximum Gasteiger partial charge on any atom is 0.176 e. The van der Waals surface area contributed by atoms with Crippen LogP contribution in [0.2, 0.25) is 0 Å². The van der Waals surface area contributed by atoms with Crippen molar-refractivity contribution in [3.63, 3.8) is 0 Å². The first-order valence-electron chi connectivity index (χ1n) is 11.5. The molecule has 0 unspecified atom stereocenters. The lowest BCUT2D eigenvalue weighted by Gasteiger charge is -2.37. The van der Waals surface area contributed by atoms with Crippen molar-refractivity contribution in [2.45, 2.75) is 30.7 Å². The highest BCUT2D eigenvalue weighted by Crippen LogP contribution is 2.47. The summed E-state index contributed by atoms with van der Waals surface area (Å²) in [5, 5.41) is 7.03. The summed E-state index contributed by atoms with van der Waals surface area (Å²) in [6.45, 7) is 9.71. The molecule has 1 fully saturated rings. The lowest BCUT2D eigenvalue weighted by molar-refractivity contribution is 0.233. The molecule has 0 spiro atoms. The van der Waals surface area contributed by atoms with E-state index in [1.807, 2.05) is 18.2 Å². The first-order chi connectivity index (χ1) is 15.7. The van der Waals surface area contributed by atoms with Crippen molar-refractivity contribution in [1.82, 2.24) is 10.2 Å². The number of nitrogens with zero attached hydrogens (tertiary/aromatic N) is 1. The van der Waals surface area contributed by atoms with Crippen LogP contribution in [0.1, 0.15) is 30.5 Å². The van der Waals surface area contributed by atoms with E-state index in [1.54, 1.807) is 12.1 Å². The Morgan fingerprint density at radius 3 is 2.30 bits per heavy atom. The summed E-state index contributed by atoms with van der Waals surface area (Å²) in [5.41, 5.74) is 7.44. The molecule has 5 rings (SSSR count). The number of piperazine rings is 1. The highest BCUT2D eigenvalue weighted by atomic mass is 32.2. The van der Waals surface area contributed by atoms with E-state index < -0.39 is 9.84 Å². The monoisotopic (exact) mass is 461 g/mol. The van der Waals surface area contributed by atoms with Crippen LogP contribution in [0.5, 0.6) is 0 Å². The SMILES string of the molecule is CC1(C)c2cc(CN3CCNCC3)ccc2Nc2ccc(-c3ccccc3S(C)(=O)=O)cc21. The molecule has 33 heavy (non-hydrogen) atoms. The standard InChI is InChI=1S/C27H31N3O2S/c1-27(2)22-16-19(18-30-14-12-28-13-15-30)8-10-24(22)29-25-11-9-20(17-23(25)27)21-6-4-5-7-26(21)33(3,31)32/h4-11,16-17,28-29H,12-15,18H2,1-3H3. The number of hydrogen-bond donors (Lipinski definition) is 2. The second-order valence-corrected chi connectivity index (χ2v) is 11.7. The zero-order valence-corrected chi connectivity index (χ0v) is 20.3. The van der Waals surface area contributed by atoms with Gasteiger partial charge in [-0.3, -0.25) is 4.90 Å². The van der Waals surface area contributed by atoms with Crippen LogP contribution < -0.4 is 10.6 Å². The Labute approximate surface area is 196 Å². The predicted octanol–water partition coefficient (Wildman–Crippen LogP) is 4.55. The van der Waals surface area contributed by atoms with Gasteiger partial charge < -0.3 is 10.6 Å². The van der Waals surface area contributed by atoms with Crippen LogP contribution >= 0.6 is 0 Å². The zero-order valence-electron chi connectivity index (χ0n) is 19.5. The topological polar surface area (TPSA) is 61.4 Å². The molecule has 172 valence electrons. The van der Waals surface area contributed by atoms with Gasteiger partial charge in [0.25, 0.3) is 0 Å². The number of hydrogen-bond acceptors (Lipinski definition) is 5. The van der Waals surface area contributed by atoms with E-state index in [0.717, 1.165) is 55.2 Å². The molecule has 3 aromatic rings. The van der Waals surface area contributed by atoms with Gasteiger partial charge in [0.2, 0.25) is 0 Å². The Morgan fingerprint density at radius 2 is 1.58 bits per heavy atom. The zero-order chi connectivity index (χ0) is 23.2. The van der Waals surface area contributed by atoms with Crippen molar-refractivity contribution in [2.75, 3.05) is 37.8 Å². The Hall–Kier alpha value is -2.67. The average Bonchev–Trinajstić information content (AvgIpc) is 2.80. The van der Waals surface area contributed by atoms with Crippen molar-refractivity contribution >= 4 is 21.2 Å². The van der Waals surface area contributed by atoms with Crippen LogP contribution in [0.15, 0.2) is 65.6 Å². The number of sulfone groups is 1. The summed E-state index contributed by atoms with van der Waals surface area (Å²) in [5.74, 6) is 0. The Kier molecular flexibility index (Phi) is 5.55. The molecule has 5 nitrogen and oxygen atoms in total. The smallest absolute Gasteiger partial charge is 0.176 e. The molecular formula is C27H31N3O2S. The number of nitrogens with one attached hydrogen (secondary N) is 2. The van der Waals surface area contributed by atoms with Crippen molar-refractivity contribution in [3.8, 4) is 11.1 Å². The second kappa shape index (κ2) is 8.28. The molecule has 0 aromatic heterocycles. The molecule has 1 saturated heterocycles. The second-order valence-electron chi connectivity index (χ2n) is 9.68. The Balaban J connectivity index is 1.54. The van der Waals surface area contributed by atoms with Gasteiger partial charge in [-0.15, -0.1) is 0 Å². The quantitative estimate of drug-likeness (QED) is 0.597. The minimum atomic E-state index is -3.32. The van der Waals surface area contributed by atoms with E-state index in [4.69, 9.17) is 0 Å². The fourth-order valence-corrected chi connectivity index (χ4v) is 6.01. The summed E-state index contributed by atoms with van der Waals surface area (Å²) in [6, 6.07) is 20.2. The third-order valence-electron chi connectivity index (χ3n) is 6.93. The molecule has 0 bridgehead atoms. The fraction of sp³-hybridized carbons (Fsp3) is 0.333. The molecular weight excluding hydrogens is 430 g/mol. The molecule has 2 N–H and O–H groups in total. The van der Waals surface area contributed by atoms with Gasteiger partial charge in [-0.2, -0.15) is 0 Å². The largest absolute Gasteiger partial charge is 0.355 e. The van der Waals surface area contributed by atoms with Crippen molar-refractivity contribution in [3.05, 3.63) is 77.4 Å². The molecule has 2 heterocycles. The van der Waals surface area contributed by atoms with Crippen LogP contribution in [-0.2, 0) is 21.8 Å². The highest BCUT2D eigenvalue weighted by molar-refractivity contribution is 7.90. The minimum absolute atomic E-state index is 0.217. The van der Waals surface area contributed by atoms with Gasteiger partial charge in [0.15, 0.2) is 9.84 Å². The summed E-state index contributed by atoms with van der Waals surface area (Å²) in [4.78, 5) is 2.86. The summed E-state index contributed by atoms with van der Waals surface area (Å²) in [6.07, 6.45) is 1.27. The van der Waals surface area contributed by atoms with Crippen LogP contribution in [0.4, 0.5) is 11.4 Å². The third kappa shape index (κ3) is 4.19. The molecule has 0 amide bonds. The predicted molar refractivity (Wildman–Crippen MR) is 135 cm³/mol. The Morgan fingerprint density at radius 1 is 0.909 bits per heavy atom. The van der Waals surface area contributed by atoms with Gasteiger partial charge in [-0.05, 0) is 46.5 Å². The third-order valence-corrected chi connectivity index (χ3v) is 8.09. The molecule has 0 radical (unpaired) electrons. The van der Waals surface area contributed by atoms with Crippen LogP contribution in [0.3, 0.4) is 0 Å². The van der Waals surface area contributed by atoms with Gasteiger partial charge in [-0.25, -0.2) is 8.42 Å². The highest BCUT2D eigenvalue weighted by Gasteiger charge is 2.33. The van der Waals surface area contributed by atoms with Crippen LogP contribution in [0, 0.1) is 0 Å². The molecule has 2 aliphatic heterocycles. The number of rotatable bonds is 4. The molecule has 0 saturated carbocycles. The number of fused-ring (bicyclic) bond motifs is 2. The van der Waals surface area contributed by atoms with E-state index in [0.29, 0.717) is 4.90 Å². The first-order valence-corrected chi connectivity index (χ1v) is 13.4. The maximum atomic E-state index is 12.4. The van der Waals surface area contributed by atoms with Crippen molar-refractivity contribution in [1.29, 1.82) is 0 Å². The van der Waals surface area contributed by atoms with Gasteiger partial charge in [-0.1, -0.05) is 50.2 Å². The van der Waals surface area contributed by atoms with E-state index in [-0.39, 0.29) is 5.41 Å². The molecule has 0 aliphatic carbocycles. The normalized spacial score (nSPS) is 17.7. The summed E-state index contributed by atoms with van der Waals surface area (Å²) < 4.78 is 24.8. The molecule has 2 aliphatic rings. The number of anilines is 2. The minimum Gasteiger partial charge on any atom is -0.355 e. The van der Waals surface area contributed by atoms with E-state index in [2.05, 4.69) is 59.7 Å². The van der Waals surface area contributed by atoms with Gasteiger partial charge in [0.1, 0.15) is 0 Å². The molecule has 0 atom stereocenters. The lowest BCUT2D eigenvalue weighted by Crippen LogP contribution is -2.42. The van der Waals surface area contributed by atoms with Crippen LogP contribution in [0.25, 0.3) is 11.1 Å². The van der Waals surface area contributed by atoms with E-state index in [1.165, 1.54) is 22.9 Å². The number of benzene rings is 3. The molecule has 6 heteroatoms. The first kappa shape index (κ1) is 22.1. The van der Waals surface area contributed by atoms with Gasteiger partial charge >= 0.3 is 0 Å². The average molecular weight is 462 g/mol. The van der Waals surface area contributed by atoms with E-state index >= 15 is 0 Å². The van der Waals surface area contributed by atoms with E-state index in [9.17, 15) is 8.42 Å². The lowest BCUT2D eigenvalue weighted by atomic mass is 9.73. The van der Waals surface area contributed by atoms with Crippen molar-refractivity contribution in [2.24, 2.45) is 0 Å². The Bertz CT molecular complexity index is 1310. The fourth-order valence-electron chi connectivity index (χ4n) is 5.10. The summed E-state index contributed by atoms with van der Waals surface area (Å²) >= 11 is 0. The van der Waals surface area contributed by atoms with Crippen LogP contribution in [-0.4, -0.2) is 45.8 Å². The maximum absolute atomic E-state index is 12.4. The van der Waals surface area contributed by atoms with Crippen molar-refractivity contribution < 1.29 is 8.42 Å². The summed E-state index contributed by atoms with van der Waals surface area (Å²) in [7, 11) is -3.32. The molecule has 3 aromatic carbocycles. The van der Waals surface area contributed by atoms with Gasteiger partial charge in [0, 0.05) is 61.3 Å².